The van der Waals surface area contributed by atoms with Gasteiger partial charge in [-0.05, 0) is 41.5 Å². The summed E-state index contributed by atoms with van der Waals surface area (Å²) in [4.78, 5) is 16.4. The largest absolute Gasteiger partial charge is 0.472 e. The molecule has 0 aliphatic carbocycles. The molecule has 130 valence electrons. The minimum atomic E-state index is -0.179. The molecule has 6 heteroatoms. The van der Waals surface area contributed by atoms with Gasteiger partial charge in [0, 0.05) is 24.4 Å². The SMILES string of the molecule is O=C(C=Cc1ccc2c(c1)OCO2)NCc1ccc(-c2ccoc2)nc1. The van der Waals surface area contributed by atoms with E-state index in [0.29, 0.717) is 12.3 Å². The molecule has 0 saturated carbocycles. The van der Waals surface area contributed by atoms with Gasteiger partial charge in [-0.3, -0.25) is 9.78 Å². The van der Waals surface area contributed by atoms with Gasteiger partial charge in [-0.2, -0.15) is 0 Å². The van der Waals surface area contributed by atoms with Gasteiger partial charge in [0.05, 0.1) is 18.2 Å². The third-order valence-corrected chi connectivity index (χ3v) is 3.93. The smallest absolute Gasteiger partial charge is 0.244 e. The van der Waals surface area contributed by atoms with E-state index in [-0.39, 0.29) is 12.7 Å². The molecule has 0 radical (unpaired) electrons. The van der Waals surface area contributed by atoms with Gasteiger partial charge in [0.25, 0.3) is 0 Å². The number of rotatable bonds is 5. The Labute approximate surface area is 150 Å². The maximum Gasteiger partial charge on any atom is 0.244 e. The van der Waals surface area contributed by atoms with E-state index in [4.69, 9.17) is 13.9 Å². The Balaban J connectivity index is 1.32. The van der Waals surface area contributed by atoms with Crippen LogP contribution in [0.25, 0.3) is 17.3 Å². The van der Waals surface area contributed by atoms with Gasteiger partial charge in [-0.25, -0.2) is 0 Å². The summed E-state index contributed by atoms with van der Waals surface area (Å²) in [5, 5.41) is 2.84. The molecule has 6 nitrogen and oxygen atoms in total. The lowest BCUT2D eigenvalue weighted by molar-refractivity contribution is -0.116. The quantitative estimate of drug-likeness (QED) is 0.716. The Morgan fingerprint density at radius 1 is 1.15 bits per heavy atom. The fourth-order valence-electron chi connectivity index (χ4n) is 2.55. The van der Waals surface area contributed by atoms with Crippen LogP contribution in [0, 0.1) is 0 Å². The van der Waals surface area contributed by atoms with Crippen LogP contribution < -0.4 is 14.8 Å². The van der Waals surface area contributed by atoms with E-state index in [9.17, 15) is 4.79 Å². The minimum absolute atomic E-state index is 0.179. The molecule has 3 aromatic rings. The maximum atomic E-state index is 12.0. The molecule has 4 rings (SSSR count). The number of nitrogens with one attached hydrogen (secondary N) is 1. The highest BCUT2D eigenvalue weighted by molar-refractivity contribution is 5.91. The zero-order valence-corrected chi connectivity index (χ0v) is 13.8. The van der Waals surface area contributed by atoms with Crippen LogP contribution in [-0.4, -0.2) is 17.7 Å². The summed E-state index contributed by atoms with van der Waals surface area (Å²) in [5.41, 5.74) is 3.54. The molecule has 3 heterocycles. The van der Waals surface area contributed by atoms with Gasteiger partial charge < -0.3 is 19.2 Å². The topological polar surface area (TPSA) is 73.6 Å². The monoisotopic (exact) mass is 348 g/mol. The van der Waals surface area contributed by atoms with E-state index in [2.05, 4.69) is 10.3 Å². The third kappa shape index (κ3) is 3.59. The zero-order valence-electron chi connectivity index (χ0n) is 13.8. The minimum Gasteiger partial charge on any atom is -0.472 e. The second-order valence-electron chi connectivity index (χ2n) is 5.73. The molecule has 0 fully saturated rings. The first kappa shape index (κ1) is 16.0. The second kappa shape index (κ2) is 7.14. The number of carbonyl (C=O) groups is 1. The molecule has 1 aromatic carbocycles. The third-order valence-electron chi connectivity index (χ3n) is 3.93. The number of hydrogen-bond acceptors (Lipinski definition) is 5. The summed E-state index contributed by atoms with van der Waals surface area (Å²) < 4.78 is 15.6. The van der Waals surface area contributed by atoms with Gasteiger partial charge >= 0.3 is 0 Å². The molecule has 0 saturated heterocycles. The van der Waals surface area contributed by atoms with E-state index in [1.807, 2.05) is 36.4 Å². The number of amides is 1. The summed E-state index contributed by atoms with van der Waals surface area (Å²) in [6.45, 7) is 0.638. The van der Waals surface area contributed by atoms with E-state index < -0.39 is 0 Å². The Kier molecular flexibility index (Phi) is 4.38. The molecule has 1 aliphatic heterocycles. The van der Waals surface area contributed by atoms with Gasteiger partial charge in [0.2, 0.25) is 12.7 Å². The number of nitrogens with zero attached hydrogens (tertiary/aromatic N) is 1. The van der Waals surface area contributed by atoms with Crippen molar-refractivity contribution in [3.8, 4) is 22.8 Å². The van der Waals surface area contributed by atoms with Crippen LogP contribution in [0.5, 0.6) is 11.5 Å². The Bertz CT molecular complexity index is 931. The molecule has 0 bridgehead atoms. The van der Waals surface area contributed by atoms with Crippen LogP contribution in [0.15, 0.2) is 65.6 Å². The molecule has 1 amide bonds. The standard InChI is InChI=1S/C20H16N2O4/c23-20(6-3-14-2-5-18-19(9-14)26-13-25-18)22-11-15-1-4-17(21-10-15)16-7-8-24-12-16/h1-10,12H,11,13H2,(H,22,23). The normalized spacial score (nSPS) is 12.5. The van der Waals surface area contributed by atoms with Crippen LogP contribution in [0.4, 0.5) is 0 Å². The van der Waals surface area contributed by atoms with Crippen molar-refractivity contribution in [3.63, 3.8) is 0 Å². The number of fused-ring (bicyclic) bond motifs is 1. The number of pyridine rings is 1. The Hall–Kier alpha value is -3.54. The molecule has 1 aliphatic rings. The van der Waals surface area contributed by atoms with Gasteiger partial charge in [0.15, 0.2) is 11.5 Å². The lowest BCUT2D eigenvalue weighted by atomic mass is 10.2. The van der Waals surface area contributed by atoms with Crippen molar-refractivity contribution < 1.29 is 18.7 Å². The second-order valence-corrected chi connectivity index (χ2v) is 5.73. The average Bonchev–Trinajstić information content (AvgIpc) is 3.36. The Morgan fingerprint density at radius 2 is 2.08 bits per heavy atom. The predicted molar refractivity (Wildman–Crippen MR) is 95.4 cm³/mol. The first-order chi connectivity index (χ1) is 12.8. The summed E-state index contributed by atoms with van der Waals surface area (Å²) >= 11 is 0. The van der Waals surface area contributed by atoms with E-state index in [1.54, 1.807) is 24.8 Å². The average molecular weight is 348 g/mol. The summed E-state index contributed by atoms with van der Waals surface area (Å²) in [7, 11) is 0. The van der Waals surface area contributed by atoms with Crippen molar-refractivity contribution in [1.29, 1.82) is 0 Å². The highest BCUT2D eigenvalue weighted by atomic mass is 16.7. The van der Waals surface area contributed by atoms with Crippen molar-refractivity contribution in [3.05, 3.63) is 72.3 Å². The lowest BCUT2D eigenvalue weighted by Gasteiger charge is -2.03. The van der Waals surface area contributed by atoms with Crippen molar-refractivity contribution in [2.45, 2.75) is 6.54 Å². The molecule has 0 unspecified atom stereocenters. The maximum absolute atomic E-state index is 12.0. The first-order valence-corrected chi connectivity index (χ1v) is 8.11. The van der Waals surface area contributed by atoms with Crippen molar-refractivity contribution >= 4 is 12.0 Å². The number of aromatic nitrogens is 1. The van der Waals surface area contributed by atoms with Gasteiger partial charge in [0.1, 0.15) is 0 Å². The van der Waals surface area contributed by atoms with Crippen molar-refractivity contribution in [2.75, 3.05) is 6.79 Å². The molecule has 0 atom stereocenters. The summed E-state index contributed by atoms with van der Waals surface area (Å²) in [6, 6.07) is 11.2. The van der Waals surface area contributed by atoms with Crippen LogP contribution >= 0.6 is 0 Å². The number of carbonyl (C=O) groups excluding carboxylic acids is 1. The number of ether oxygens (including phenoxy) is 2. The van der Waals surface area contributed by atoms with E-state index in [0.717, 1.165) is 28.1 Å². The van der Waals surface area contributed by atoms with Gasteiger partial charge in [-0.15, -0.1) is 0 Å². The lowest BCUT2D eigenvalue weighted by Crippen LogP contribution is -2.20. The van der Waals surface area contributed by atoms with Crippen LogP contribution in [0.1, 0.15) is 11.1 Å². The van der Waals surface area contributed by atoms with E-state index >= 15 is 0 Å². The number of benzene rings is 1. The number of furan rings is 1. The molecule has 0 spiro atoms. The first-order valence-electron chi connectivity index (χ1n) is 8.11. The van der Waals surface area contributed by atoms with Crippen molar-refractivity contribution in [1.82, 2.24) is 10.3 Å². The Morgan fingerprint density at radius 3 is 2.88 bits per heavy atom. The van der Waals surface area contributed by atoms with Crippen LogP contribution in [-0.2, 0) is 11.3 Å². The molecular weight excluding hydrogens is 332 g/mol. The summed E-state index contributed by atoms with van der Waals surface area (Å²) in [5.74, 6) is 1.23. The van der Waals surface area contributed by atoms with Gasteiger partial charge in [-0.1, -0.05) is 12.1 Å². The summed E-state index contributed by atoms with van der Waals surface area (Å²) in [6.07, 6.45) is 8.22. The fourth-order valence-corrected chi connectivity index (χ4v) is 2.55. The van der Waals surface area contributed by atoms with E-state index in [1.165, 1.54) is 6.08 Å². The molecule has 2 aromatic heterocycles. The highest BCUT2D eigenvalue weighted by Crippen LogP contribution is 2.32. The van der Waals surface area contributed by atoms with Crippen LogP contribution in [0.2, 0.25) is 0 Å². The number of hydrogen-bond donors (Lipinski definition) is 1. The zero-order chi connectivity index (χ0) is 17.8. The van der Waals surface area contributed by atoms with Crippen molar-refractivity contribution in [2.24, 2.45) is 0 Å². The molecular formula is C20H16N2O4. The molecule has 1 N–H and O–H groups in total. The predicted octanol–water partition coefficient (Wildman–Crippen LogP) is 3.40. The highest BCUT2D eigenvalue weighted by Gasteiger charge is 2.12. The fraction of sp³-hybridized carbons (Fsp3) is 0.100. The van der Waals surface area contributed by atoms with Crippen LogP contribution in [0.3, 0.4) is 0 Å². The molecule has 26 heavy (non-hydrogen) atoms.